The molecular formula is C25H25N3O5S. The summed E-state index contributed by atoms with van der Waals surface area (Å²) in [6, 6.07) is 14.2. The van der Waals surface area contributed by atoms with Crippen molar-refractivity contribution in [3.63, 3.8) is 0 Å². The molecule has 5 rings (SSSR count). The summed E-state index contributed by atoms with van der Waals surface area (Å²) in [5, 5.41) is 11.0. The number of hydrogen-bond donors (Lipinski definition) is 3. The highest BCUT2D eigenvalue weighted by atomic mass is 32.2. The molecule has 0 aliphatic carbocycles. The molecule has 2 aromatic heterocycles. The molecule has 4 aromatic rings. The molecule has 176 valence electrons. The molecule has 0 saturated heterocycles. The maximum atomic E-state index is 13.5. The molecule has 3 N–H and O–H groups in total. The van der Waals surface area contributed by atoms with Gasteiger partial charge in [-0.2, -0.15) is 0 Å². The van der Waals surface area contributed by atoms with Gasteiger partial charge in [0, 0.05) is 47.4 Å². The van der Waals surface area contributed by atoms with Gasteiger partial charge in [-0.25, -0.2) is 18.1 Å². The largest absolute Gasteiger partial charge is 0.492 e. The first-order chi connectivity index (χ1) is 16.5. The summed E-state index contributed by atoms with van der Waals surface area (Å²) in [4.78, 5) is 7.48. The van der Waals surface area contributed by atoms with Crippen LogP contribution in [0.2, 0.25) is 0 Å². The molecule has 1 atom stereocenters. The molecule has 0 unspecified atom stereocenters. The average Bonchev–Trinajstić information content (AvgIpc) is 3.50. The fourth-order valence-corrected chi connectivity index (χ4v) is 5.74. The van der Waals surface area contributed by atoms with Crippen LogP contribution in [-0.2, 0) is 22.9 Å². The van der Waals surface area contributed by atoms with Crippen LogP contribution < -0.4 is 14.2 Å². The van der Waals surface area contributed by atoms with E-state index in [1.807, 2.05) is 42.6 Å². The monoisotopic (exact) mass is 479 g/mol. The molecule has 1 aliphatic heterocycles. The van der Waals surface area contributed by atoms with E-state index < -0.39 is 16.1 Å². The Kier molecular flexibility index (Phi) is 5.99. The number of benzene rings is 2. The number of aliphatic hydroxyl groups is 1. The minimum Gasteiger partial charge on any atom is -0.492 e. The van der Waals surface area contributed by atoms with E-state index in [1.54, 1.807) is 25.4 Å². The third-order valence-electron chi connectivity index (χ3n) is 6.00. The number of ether oxygens (including phenoxy) is 2. The SMILES string of the molecule is COc1ccc(-c2cc3c(c(S(=O)(=O)N[C@@H](CO)Cc4c[nH]c5ccccc45)c2)OCC3)cn1. The zero-order valence-corrected chi connectivity index (χ0v) is 19.4. The summed E-state index contributed by atoms with van der Waals surface area (Å²) in [6.45, 7) is 0.0742. The summed E-state index contributed by atoms with van der Waals surface area (Å²) in [7, 11) is -2.45. The minimum atomic E-state index is -3.99. The van der Waals surface area contributed by atoms with Crippen LogP contribution in [0.1, 0.15) is 11.1 Å². The first-order valence-electron chi connectivity index (χ1n) is 11.0. The number of pyridine rings is 1. The number of hydrogen-bond acceptors (Lipinski definition) is 6. The van der Waals surface area contributed by atoms with Gasteiger partial charge in [-0.1, -0.05) is 18.2 Å². The van der Waals surface area contributed by atoms with Gasteiger partial charge in [-0.15, -0.1) is 0 Å². The lowest BCUT2D eigenvalue weighted by atomic mass is 10.0. The van der Waals surface area contributed by atoms with Crippen molar-refractivity contribution in [2.75, 3.05) is 20.3 Å². The molecule has 0 radical (unpaired) electrons. The maximum absolute atomic E-state index is 13.5. The lowest BCUT2D eigenvalue weighted by Gasteiger charge is -2.18. The normalized spacial score (nSPS) is 14.1. The molecule has 2 aromatic carbocycles. The molecule has 1 aliphatic rings. The van der Waals surface area contributed by atoms with Gasteiger partial charge in [0.1, 0.15) is 10.6 Å². The Labute approximate surface area is 197 Å². The summed E-state index contributed by atoms with van der Waals surface area (Å²) < 4.78 is 40.5. The number of aromatic nitrogens is 2. The van der Waals surface area contributed by atoms with Crippen molar-refractivity contribution in [2.24, 2.45) is 0 Å². The van der Waals surface area contributed by atoms with E-state index in [0.717, 1.165) is 33.2 Å². The molecule has 0 amide bonds. The van der Waals surface area contributed by atoms with E-state index in [4.69, 9.17) is 9.47 Å². The van der Waals surface area contributed by atoms with E-state index in [2.05, 4.69) is 14.7 Å². The average molecular weight is 480 g/mol. The van der Waals surface area contributed by atoms with Gasteiger partial charge in [0.25, 0.3) is 0 Å². The molecule has 0 saturated carbocycles. The fourth-order valence-electron chi connectivity index (χ4n) is 4.30. The van der Waals surface area contributed by atoms with Crippen molar-refractivity contribution in [1.29, 1.82) is 0 Å². The second kappa shape index (κ2) is 9.09. The second-order valence-corrected chi connectivity index (χ2v) is 9.90. The number of nitrogens with one attached hydrogen (secondary N) is 2. The lowest BCUT2D eigenvalue weighted by molar-refractivity contribution is 0.256. The topological polar surface area (TPSA) is 114 Å². The van der Waals surface area contributed by atoms with Crippen molar-refractivity contribution in [3.8, 4) is 22.8 Å². The highest BCUT2D eigenvalue weighted by Gasteiger charge is 2.29. The smallest absolute Gasteiger partial charge is 0.244 e. The summed E-state index contributed by atoms with van der Waals surface area (Å²) in [6.07, 6.45) is 4.45. The predicted molar refractivity (Wildman–Crippen MR) is 129 cm³/mol. The number of H-pyrrole nitrogens is 1. The molecule has 0 spiro atoms. The van der Waals surface area contributed by atoms with Crippen LogP contribution in [0.4, 0.5) is 0 Å². The Morgan fingerprint density at radius 2 is 2.06 bits per heavy atom. The number of aromatic amines is 1. The molecule has 34 heavy (non-hydrogen) atoms. The van der Waals surface area contributed by atoms with E-state index in [9.17, 15) is 13.5 Å². The Hall–Kier alpha value is -3.40. The Balaban J connectivity index is 1.47. The van der Waals surface area contributed by atoms with Gasteiger partial charge < -0.3 is 19.6 Å². The van der Waals surface area contributed by atoms with Crippen molar-refractivity contribution < 1.29 is 23.0 Å². The number of sulfonamides is 1. The summed E-state index contributed by atoms with van der Waals surface area (Å²) >= 11 is 0. The van der Waals surface area contributed by atoms with Crippen molar-refractivity contribution in [2.45, 2.75) is 23.8 Å². The van der Waals surface area contributed by atoms with Gasteiger partial charge in [-0.3, -0.25) is 0 Å². The van der Waals surface area contributed by atoms with Crippen molar-refractivity contribution >= 4 is 20.9 Å². The van der Waals surface area contributed by atoms with Crippen LogP contribution in [0.5, 0.6) is 11.6 Å². The quantitative estimate of drug-likeness (QED) is 0.358. The number of methoxy groups -OCH3 is 1. The number of aliphatic hydroxyl groups excluding tert-OH is 1. The van der Waals surface area contributed by atoms with E-state index in [1.165, 1.54) is 0 Å². The predicted octanol–water partition coefficient (Wildman–Crippen LogP) is 3.06. The Morgan fingerprint density at radius 1 is 1.21 bits per heavy atom. The summed E-state index contributed by atoms with van der Waals surface area (Å²) in [5.41, 5.74) is 4.20. The standard InChI is InChI=1S/C25H25N3O5S/c1-32-24-7-6-17(13-27-24)18-10-16-8-9-33-25(16)23(12-18)34(30,31)28-20(15-29)11-19-14-26-22-5-3-2-4-21(19)22/h2-7,10,12-14,20,26,28-29H,8-9,11,15H2,1H3/t20-/m1/s1. The molecule has 3 heterocycles. The highest BCUT2D eigenvalue weighted by molar-refractivity contribution is 7.89. The van der Waals surface area contributed by atoms with Crippen LogP contribution in [0.3, 0.4) is 0 Å². The first-order valence-corrected chi connectivity index (χ1v) is 12.4. The number of nitrogens with zero attached hydrogens (tertiary/aromatic N) is 1. The van der Waals surface area contributed by atoms with Gasteiger partial charge >= 0.3 is 0 Å². The third kappa shape index (κ3) is 4.25. The Morgan fingerprint density at radius 3 is 2.82 bits per heavy atom. The number of para-hydroxylation sites is 1. The van der Waals surface area contributed by atoms with Crippen molar-refractivity contribution in [1.82, 2.24) is 14.7 Å². The van der Waals surface area contributed by atoms with E-state index in [-0.39, 0.29) is 11.5 Å². The van der Waals surface area contributed by atoms with Gasteiger partial charge in [0.2, 0.25) is 15.9 Å². The minimum absolute atomic E-state index is 0.0608. The number of fused-ring (bicyclic) bond motifs is 2. The highest BCUT2D eigenvalue weighted by Crippen LogP contribution is 2.37. The fraction of sp³-hybridized carbons (Fsp3) is 0.240. The van der Waals surface area contributed by atoms with Crippen LogP contribution in [-0.4, -0.2) is 49.9 Å². The van der Waals surface area contributed by atoms with Crippen molar-refractivity contribution in [3.05, 3.63) is 72.1 Å². The zero-order valence-electron chi connectivity index (χ0n) is 18.6. The maximum Gasteiger partial charge on any atom is 0.244 e. The summed E-state index contributed by atoms with van der Waals surface area (Å²) in [5.74, 6) is 0.840. The molecular weight excluding hydrogens is 454 g/mol. The molecule has 9 heteroatoms. The zero-order chi connectivity index (χ0) is 23.7. The third-order valence-corrected chi connectivity index (χ3v) is 7.53. The van der Waals surface area contributed by atoms with Gasteiger partial charge in [-0.05, 0) is 47.4 Å². The lowest BCUT2D eigenvalue weighted by Crippen LogP contribution is -2.39. The van der Waals surface area contributed by atoms with E-state index in [0.29, 0.717) is 31.1 Å². The van der Waals surface area contributed by atoms with Crippen LogP contribution >= 0.6 is 0 Å². The second-order valence-electron chi connectivity index (χ2n) is 8.21. The van der Waals surface area contributed by atoms with Gasteiger partial charge in [0.15, 0.2) is 0 Å². The van der Waals surface area contributed by atoms with E-state index >= 15 is 0 Å². The van der Waals surface area contributed by atoms with Crippen LogP contribution in [0.25, 0.3) is 22.0 Å². The number of rotatable bonds is 8. The molecule has 0 bridgehead atoms. The molecule has 8 nitrogen and oxygen atoms in total. The van der Waals surface area contributed by atoms with Crippen LogP contribution in [0, 0.1) is 0 Å². The van der Waals surface area contributed by atoms with Gasteiger partial charge in [0.05, 0.1) is 20.3 Å². The molecule has 0 fully saturated rings. The first kappa shape index (κ1) is 22.4. The van der Waals surface area contributed by atoms with Crippen LogP contribution in [0.15, 0.2) is 65.8 Å². The Bertz CT molecular complexity index is 1430.